The Hall–Kier alpha value is -3.86. The number of carbonyl (C=O) groups excluding carboxylic acids is 2. The van der Waals surface area contributed by atoms with Crippen LogP contribution in [-0.2, 0) is 9.53 Å². The lowest BCUT2D eigenvalue weighted by Gasteiger charge is -2.40. The van der Waals surface area contributed by atoms with Crippen molar-refractivity contribution < 1.29 is 14.3 Å². The van der Waals surface area contributed by atoms with Crippen LogP contribution in [0.4, 0.5) is 11.6 Å². The summed E-state index contributed by atoms with van der Waals surface area (Å²) in [6.45, 7) is 6.73. The Kier molecular flexibility index (Phi) is 6.79. The number of nitriles is 1. The van der Waals surface area contributed by atoms with Crippen LogP contribution < -0.4 is 10.6 Å². The van der Waals surface area contributed by atoms with E-state index in [4.69, 9.17) is 10.2 Å². The molecule has 3 aromatic rings. The monoisotopic (exact) mass is 473 g/mol. The van der Waals surface area contributed by atoms with Crippen molar-refractivity contribution in [3.05, 3.63) is 53.6 Å². The molecule has 4 rings (SSSR count). The number of fused-ring (bicyclic) bond motifs is 1. The zero-order valence-corrected chi connectivity index (χ0v) is 20.6. The third-order valence-electron chi connectivity index (χ3n) is 6.57. The fourth-order valence-corrected chi connectivity index (χ4v) is 5.27. The number of amides is 1. The number of rotatable bonds is 6. The molecule has 1 fully saturated rings. The van der Waals surface area contributed by atoms with Gasteiger partial charge in [0.15, 0.2) is 0 Å². The molecule has 1 aromatic heterocycles. The molecule has 0 saturated heterocycles. The average molecular weight is 474 g/mol. The van der Waals surface area contributed by atoms with Gasteiger partial charge in [-0.3, -0.25) is 9.59 Å². The second-order valence-electron chi connectivity index (χ2n) is 10.1. The van der Waals surface area contributed by atoms with E-state index in [0.717, 1.165) is 24.0 Å². The van der Waals surface area contributed by atoms with Gasteiger partial charge in [-0.25, -0.2) is 4.98 Å². The first-order chi connectivity index (χ1) is 16.7. The Balaban J connectivity index is 1.73. The fraction of sp³-hybridized carbons (Fsp3) is 0.407. The largest absolute Gasteiger partial charge is 0.468 e. The molecule has 1 amide bonds. The minimum Gasteiger partial charge on any atom is -0.468 e. The molecule has 0 bridgehead atoms. The van der Waals surface area contributed by atoms with Crippen LogP contribution in [0, 0.1) is 22.7 Å². The number of hydrogen-bond acceptors (Lipinski definition) is 6. The second-order valence-corrected chi connectivity index (χ2v) is 10.1. The minimum absolute atomic E-state index is 0.192. The summed E-state index contributed by atoms with van der Waals surface area (Å²) in [7, 11) is 1.28. The first-order valence-corrected chi connectivity index (χ1v) is 11.8. The number of nitrogens with one attached hydrogen (secondary N) is 2. The zero-order valence-electron chi connectivity index (χ0n) is 20.6. The van der Waals surface area contributed by atoms with E-state index >= 15 is 0 Å². The van der Waals surface area contributed by atoms with Crippen LogP contribution in [0.1, 0.15) is 62.0 Å². The van der Waals surface area contributed by atoms with Gasteiger partial charge in [0.1, 0.15) is 6.54 Å². The predicted molar refractivity (Wildman–Crippen MR) is 134 cm³/mol. The highest BCUT2D eigenvalue weighted by molar-refractivity contribution is 5.99. The molecule has 8 heteroatoms. The molecule has 1 aliphatic rings. The van der Waals surface area contributed by atoms with Gasteiger partial charge < -0.3 is 19.9 Å². The Morgan fingerprint density at radius 1 is 1.20 bits per heavy atom. The number of methoxy groups -OCH3 is 1. The highest BCUT2D eigenvalue weighted by Crippen LogP contribution is 2.46. The van der Waals surface area contributed by atoms with E-state index in [0.29, 0.717) is 28.5 Å². The lowest BCUT2D eigenvalue weighted by molar-refractivity contribution is -0.139. The molecule has 0 radical (unpaired) electrons. The lowest BCUT2D eigenvalue weighted by atomic mass is 9.70. The standard InChI is InChI=1S/C27H31N5O3/c1-17-11-21(14-27(2,3)13-17)32-23-10-7-19(25(34)29-16-24(33)35-4)12-22(23)31-26(32)30-20-8-5-18(15-28)6-9-20/h5-10,12,17,21H,11,13-14,16H2,1-4H3,(H,29,34)(H,30,31)/t17-,21+/m1/s1. The first kappa shape index (κ1) is 24.3. The molecule has 182 valence electrons. The van der Waals surface area contributed by atoms with Gasteiger partial charge in [0.05, 0.1) is 29.8 Å². The van der Waals surface area contributed by atoms with E-state index in [-0.39, 0.29) is 23.9 Å². The van der Waals surface area contributed by atoms with Crippen molar-refractivity contribution in [2.45, 2.75) is 46.1 Å². The maximum absolute atomic E-state index is 12.6. The van der Waals surface area contributed by atoms with Crippen molar-refractivity contribution >= 4 is 34.5 Å². The summed E-state index contributed by atoms with van der Waals surface area (Å²) in [5.74, 6) is 0.409. The Morgan fingerprint density at radius 3 is 2.60 bits per heavy atom. The molecular weight excluding hydrogens is 442 g/mol. The normalized spacial score (nSPS) is 19.1. The van der Waals surface area contributed by atoms with E-state index in [1.54, 1.807) is 24.3 Å². The smallest absolute Gasteiger partial charge is 0.325 e. The molecule has 2 aromatic carbocycles. The van der Waals surface area contributed by atoms with Crippen LogP contribution in [0.25, 0.3) is 11.0 Å². The van der Waals surface area contributed by atoms with Crippen LogP contribution >= 0.6 is 0 Å². The van der Waals surface area contributed by atoms with Crippen LogP contribution in [-0.4, -0.2) is 35.1 Å². The Morgan fingerprint density at radius 2 is 1.94 bits per heavy atom. The number of aromatic nitrogens is 2. The third-order valence-corrected chi connectivity index (χ3v) is 6.57. The molecule has 2 N–H and O–H groups in total. The van der Waals surface area contributed by atoms with E-state index in [2.05, 4.69) is 46.8 Å². The predicted octanol–water partition coefficient (Wildman–Crippen LogP) is 4.94. The van der Waals surface area contributed by atoms with Crippen molar-refractivity contribution in [3.8, 4) is 6.07 Å². The quantitative estimate of drug-likeness (QED) is 0.491. The number of esters is 1. The first-order valence-electron chi connectivity index (χ1n) is 11.8. The van der Waals surface area contributed by atoms with Crippen LogP contribution in [0.15, 0.2) is 42.5 Å². The Labute approximate surface area is 205 Å². The maximum Gasteiger partial charge on any atom is 0.325 e. The SMILES string of the molecule is COC(=O)CNC(=O)c1ccc2c(c1)nc(Nc1ccc(C#N)cc1)n2[C@H]1C[C@@H](C)CC(C)(C)C1. The number of imidazole rings is 1. The van der Waals surface area contributed by atoms with E-state index in [1.165, 1.54) is 13.5 Å². The van der Waals surface area contributed by atoms with Gasteiger partial charge in [-0.1, -0.05) is 20.8 Å². The number of hydrogen-bond donors (Lipinski definition) is 2. The summed E-state index contributed by atoms with van der Waals surface area (Å²) in [4.78, 5) is 28.9. The zero-order chi connectivity index (χ0) is 25.2. The van der Waals surface area contributed by atoms with Crippen molar-refractivity contribution in [2.75, 3.05) is 19.0 Å². The summed E-state index contributed by atoms with van der Waals surface area (Å²) < 4.78 is 6.85. The molecule has 1 saturated carbocycles. The van der Waals surface area contributed by atoms with Gasteiger partial charge in [0.2, 0.25) is 5.95 Å². The number of ether oxygens (including phenoxy) is 1. The van der Waals surface area contributed by atoms with Gasteiger partial charge >= 0.3 is 5.97 Å². The van der Waals surface area contributed by atoms with Gasteiger partial charge in [0.25, 0.3) is 5.91 Å². The van der Waals surface area contributed by atoms with Crippen molar-refractivity contribution in [1.29, 1.82) is 5.26 Å². The van der Waals surface area contributed by atoms with Gasteiger partial charge in [0, 0.05) is 17.3 Å². The number of anilines is 2. The molecule has 2 atom stereocenters. The van der Waals surface area contributed by atoms with Crippen LogP contribution in [0.2, 0.25) is 0 Å². The van der Waals surface area contributed by atoms with Crippen molar-refractivity contribution in [2.24, 2.45) is 11.3 Å². The molecule has 1 aliphatic carbocycles. The van der Waals surface area contributed by atoms with E-state index in [1.807, 2.05) is 18.2 Å². The highest BCUT2D eigenvalue weighted by atomic mass is 16.5. The molecule has 0 spiro atoms. The Bertz CT molecular complexity index is 1290. The maximum atomic E-state index is 12.6. The molecule has 0 aliphatic heterocycles. The summed E-state index contributed by atoms with van der Waals surface area (Å²) in [5.41, 5.74) is 3.70. The second kappa shape index (κ2) is 9.79. The fourth-order valence-electron chi connectivity index (χ4n) is 5.27. The van der Waals surface area contributed by atoms with Crippen LogP contribution in [0.5, 0.6) is 0 Å². The molecule has 0 unspecified atom stereocenters. The lowest BCUT2D eigenvalue weighted by Crippen LogP contribution is -2.30. The third kappa shape index (κ3) is 5.46. The van der Waals surface area contributed by atoms with Crippen LogP contribution in [0.3, 0.4) is 0 Å². The summed E-state index contributed by atoms with van der Waals surface area (Å²) in [5, 5.41) is 15.1. The molecule has 8 nitrogen and oxygen atoms in total. The van der Waals surface area contributed by atoms with Gasteiger partial charge in [-0.15, -0.1) is 0 Å². The molecule has 35 heavy (non-hydrogen) atoms. The summed E-state index contributed by atoms with van der Waals surface area (Å²) >= 11 is 0. The number of nitrogens with zero attached hydrogens (tertiary/aromatic N) is 3. The number of benzene rings is 2. The summed E-state index contributed by atoms with van der Waals surface area (Å²) in [6.07, 6.45) is 3.24. The summed E-state index contributed by atoms with van der Waals surface area (Å²) in [6, 6.07) is 15.1. The molecular formula is C27H31N5O3. The van der Waals surface area contributed by atoms with E-state index in [9.17, 15) is 9.59 Å². The van der Waals surface area contributed by atoms with Crippen molar-refractivity contribution in [1.82, 2.24) is 14.9 Å². The van der Waals surface area contributed by atoms with Crippen molar-refractivity contribution in [3.63, 3.8) is 0 Å². The highest BCUT2D eigenvalue weighted by Gasteiger charge is 2.34. The molecule has 1 heterocycles. The van der Waals surface area contributed by atoms with Gasteiger partial charge in [-0.2, -0.15) is 5.26 Å². The van der Waals surface area contributed by atoms with E-state index < -0.39 is 5.97 Å². The topological polar surface area (TPSA) is 109 Å². The minimum atomic E-state index is -0.508. The number of carbonyl (C=O) groups is 2. The average Bonchev–Trinajstić information content (AvgIpc) is 3.18. The van der Waals surface area contributed by atoms with Gasteiger partial charge in [-0.05, 0) is 73.1 Å².